The summed E-state index contributed by atoms with van der Waals surface area (Å²) >= 11 is 0. The van der Waals surface area contributed by atoms with Gasteiger partial charge in [0.05, 0.1) is 6.42 Å². The van der Waals surface area contributed by atoms with Gasteiger partial charge in [0.15, 0.2) is 0 Å². The smallest absolute Gasteiger partial charge is 0.320 e. The zero-order valence-corrected chi connectivity index (χ0v) is 10.8. The largest absolute Gasteiger partial charge is 0.481 e. The van der Waals surface area contributed by atoms with Crippen molar-refractivity contribution >= 4 is 12.0 Å². The lowest BCUT2D eigenvalue weighted by atomic mass is 9.97. The Balaban J connectivity index is 1.72. The van der Waals surface area contributed by atoms with Crippen LogP contribution in [0.2, 0.25) is 0 Å². The molecule has 6 nitrogen and oxygen atoms in total. The van der Waals surface area contributed by atoms with Crippen LogP contribution < -0.4 is 0 Å². The molecule has 0 aromatic carbocycles. The first kappa shape index (κ1) is 13.1. The Kier molecular flexibility index (Phi) is 4.06. The number of carbonyl (C=O) groups is 2. The Bertz CT molecular complexity index is 321. The van der Waals surface area contributed by atoms with E-state index >= 15 is 0 Å². The van der Waals surface area contributed by atoms with E-state index in [0.29, 0.717) is 13.1 Å². The van der Waals surface area contributed by atoms with Crippen molar-refractivity contribution in [1.82, 2.24) is 14.7 Å². The number of urea groups is 1. The van der Waals surface area contributed by atoms with Gasteiger partial charge in [-0.3, -0.25) is 4.79 Å². The van der Waals surface area contributed by atoms with Crippen molar-refractivity contribution in [2.45, 2.75) is 13.3 Å². The summed E-state index contributed by atoms with van der Waals surface area (Å²) in [6, 6.07) is 0.0763. The minimum Gasteiger partial charge on any atom is -0.481 e. The lowest BCUT2D eigenvalue weighted by Crippen LogP contribution is -2.58. The van der Waals surface area contributed by atoms with Gasteiger partial charge in [0.1, 0.15) is 0 Å². The number of likely N-dealkylation sites (N-methyl/N-ethyl adjacent to an activating group) is 1. The molecule has 0 aromatic rings. The number of nitrogens with zero attached hydrogens (tertiary/aromatic N) is 3. The van der Waals surface area contributed by atoms with Crippen LogP contribution in [0.3, 0.4) is 0 Å². The molecule has 18 heavy (non-hydrogen) atoms. The van der Waals surface area contributed by atoms with Gasteiger partial charge in [-0.2, -0.15) is 0 Å². The van der Waals surface area contributed by atoms with E-state index in [-0.39, 0.29) is 18.4 Å². The summed E-state index contributed by atoms with van der Waals surface area (Å²) < 4.78 is 0. The summed E-state index contributed by atoms with van der Waals surface area (Å²) in [4.78, 5) is 28.6. The number of carboxylic acids is 1. The second kappa shape index (κ2) is 5.56. The maximum atomic E-state index is 12.1. The van der Waals surface area contributed by atoms with Crippen molar-refractivity contribution in [3.63, 3.8) is 0 Å². The van der Waals surface area contributed by atoms with Crippen molar-refractivity contribution in [2.75, 3.05) is 45.8 Å². The average Bonchev–Trinajstić information content (AvgIpc) is 2.32. The van der Waals surface area contributed by atoms with Gasteiger partial charge in [-0.15, -0.1) is 0 Å². The summed E-state index contributed by atoms with van der Waals surface area (Å²) in [5, 5.41) is 8.66. The topological polar surface area (TPSA) is 64.1 Å². The third-order valence-corrected chi connectivity index (χ3v) is 3.78. The first-order chi connectivity index (χ1) is 8.60. The fraction of sp³-hybridized carbons (Fsp3) is 0.833. The molecular formula is C12H21N3O3. The molecule has 2 heterocycles. The van der Waals surface area contributed by atoms with Crippen LogP contribution in [-0.2, 0) is 4.79 Å². The highest BCUT2D eigenvalue weighted by Crippen LogP contribution is 2.21. The minimum atomic E-state index is -0.774. The number of piperazine rings is 1. The molecule has 0 bridgehead atoms. The van der Waals surface area contributed by atoms with E-state index < -0.39 is 5.97 Å². The van der Waals surface area contributed by atoms with Crippen LogP contribution in [0.15, 0.2) is 0 Å². The van der Waals surface area contributed by atoms with Crippen LogP contribution in [0.5, 0.6) is 0 Å². The SMILES string of the molecule is CCN1CCN(C(=O)N2CC(CC(=O)O)C2)CC1. The highest BCUT2D eigenvalue weighted by molar-refractivity contribution is 5.76. The van der Waals surface area contributed by atoms with Crippen LogP contribution in [0.4, 0.5) is 4.79 Å². The van der Waals surface area contributed by atoms with Crippen molar-refractivity contribution in [2.24, 2.45) is 5.92 Å². The highest BCUT2D eigenvalue weighted by atomic mass is 16.4. The van der Waals surface area contributed by atoms with Gasteiger partial charge in [0.2, 0.25) is 0 Å². The van der Waals surface area contributed by atoms with E-state index in [1.807, 2.05) is 4.90 Å². The molecule has 2 aliphatic rings. The second-order valence-electron chi connectivity index (χ2n) is 5.07. The van der Waals surface area contributed by atoms with Crippen molar-refractivity contribution in [3.05, 3.63) is 0 Å². The second-order valence-corrected chi connectivity index (χ2v) is 5.07. The number of hydrogen-bond acceptors (Lipinski definition) is 3. The molecule has 0 aromatic heterocycles. The summed E-state index contributed by atoms with van der Waals surface area (Å²) in [7, 11) is 0. The third-order valence-electron chi connectivity index (χ3n) is 3.78. The van der Waals surface area contributed by atoms with Gasteiger partial charge in [0, 0.05) is 45.2 Å². The van der Waals surface area contributed by atoms with Gasteiger partial charge in [-0.25, -0.2) is 4.79 Å². The molecule has 6 heteroatoms. The molecular weight excluding hydrogens is 234 g/mol. The van der Waals surface area contributed by atoms with Crippen LogP contribution in [0, 0.1) is 5.92 Å². The Labute approximate surface area is 107 Å². The van der Waals surface area contributed by atoms with Gasteiger partial charge >= 0.3 is 12.0 Å². The molecule has 2 saturated heterocycles. The molecule has 0 radical (unpaired) electrons. The average molecular weight is 255 g/mol. The number of carbonyl (C=O) groups excluding carboxylic acids is 1. The van der Waals surface area contributed by atoms with Crippen LogP contribution in [0.1, 0.15) is 13.3 Å². The summed E-state index contributed by atoms with van der Waals surface area (Å²) in [5.74, 6) is -0.632. The Morgan fingerprint density at radius 3 is 2.22 bits per heavy atom. The maximum absolute atomic E-state index is 12.1. The predicted molar refractivity (Wildman–Crippen MR) is 66.4 cm³/mol. The number of likely N-dealkylation sites (tertiary alicyclic amines) is 1. The molecule has 0 saturated carbocycles. The minimum absolute atomic E-state index is 0.0763. The van der Waals surface area contributed by atoms with E-state index in [2.05, 4.69) is 11.8 Å². The summed E-state index contributed by atoms with van der Waals surface area (Å²) in [6.07, 6.45) is 0.174. The Hall–Kier alpha value is -1.30. The van der Waals surface area contributed by atoms with Gasteiger partial charge < -0.3 is 19.8 Å². The molecule has 0 spiro atoms. The molecule has 2 fully saturated rings. The molecule has 102 valence electrons. The molecule has 2 rings (SSSR count). The normalized spacial score (nSPS) is 21.8. The molecule has 0 aliphatic carbocycles. The molecule has 2 amide bonds. The number of rotatable bonds is 3. The molecule has 0 atom stereocenters. The predicted octanol–water partition coefficient (Wildman–Crippen LogP) is 0.150. The van der Waals surface area contributed by atoms with Crippen molar-refractivity contribution < 1.29 is 14.7 Å². The fourth-order valence-electron chi connectivity index (χ4n) is 2.56. The number of aliphatic carboxylic acids is 1. The van der Waals surface area contributed by atoms with Gasteiger partial charge in [0.25, 0.3) is 0 Å². The van der Waals surface area contributed by atoms with Gasteiger partial charge in [-0.05, 0) is 6.54 Å². The lowest BCUT2D eigenvalue weighted by molar-refractivity contribution is -0.139. The first-order valence-electron chi connectivity index (χ1n) is 6.58. The first-order valence-corrected chi connectivity index (χ1v) is 6.58. The van der Waals surface area contributed by atoms with Crippen LogP contribution >= 0.6 is 0 Å². The van der Waals surface area contributed by atoms with E-state index in [1.165, 1.54) is 0 Å². The van der Waals surface area contributed by atoms with Gasteiger partial charge in [-0.1, -0.05) is 6.92 Å². The van der Waals surface area contributed by atoms with E-state index in [0.717, 1.165) is 32.7 Å². The third kappa shape index (κ3) is 2.93. The Morgan fingerprint density at radius 1 is 1.11 bits per heavy atom. The number of amides is 2. The fourth-order valence-corrected chi connectivity index (χ4v) is 2.56. The van der Waals surface area contributed by atoms with Crippen molar-refractivity contribution in [3.8, 4) is 0 Å². The zero-order valence-electron chi connectivity index (χ0n) is 10.8. The van der Waals surface area contributed by atoms with E-state index in [9.17, 15) is 9.59 Å². The van der Waals surface area contributed by atoms with E-state index in [4.69, 9.17) is 5.11 Å². The van der Waals surface area contributed by atoms with Crippen molar-refractivity contribution in [1.29, 1.82) is 0 Å². The lowest BCUT2D eigenvalue weighted by Gasteiger charge is -2.43. The monoisotopic (exact) mass is 255 g/mol. The number of hydrogen-bond donors (Lipinski definition) is 1. The zero-order chi connectivity index (χ0) is 13.1. The Morgan fingerprint density at radius 2 is 1.72 bits per heavy atom. The quantitative estimate of drug-likeness (QED) is 0.779. The summed E-state index contributed by atoms with van der Waals surface area (Å²) in [5.41, 5.74) is 0. The maximum Gasteiger partial charge on any atom is 0.320 e. The van der Waals surface area contributed by atoms with E-state index in [1.54, 1.807) is 4.90 Å². The molecule has 2 aliphatic heterocycles. The standard InChI is InChI=1S/C12H21N3O3/c1-2-13-3-5-14(6-4-13)12(18)15-8-10(9-15)7-11(16)17/h10H,2-9H2,1H3,(H,16,17). The number of carboxylic acid groups (broad SMARTS) is 1. The van der Waals surface area contributed by atoms with Crippen LogP contribution in [0.25, 0.3) is 0 Å². The highest BCUT2D eigenvalue weighted by Gasteiger charge is 2.35. The molecule has 0 unspecified atom stereocenters. The summed E-state index contributed by atoms with van der Waals surface area (Å²) in [6.45, 7) is 7.80. The molecule has 1 N–H and O–H groups in total. The van der Waals surface area contributed by atoms with Crippen LogP contribution in [-0.4, -0.2) is 77.6 Å².